The molecule has 5 nitrogen and oxygen atoms in total. The SMILES string of the molecule is Cc1noc(-c2sccc2NC(=O)CC(C)(C)C)n1. The van der Waals surface area contributed by atoms with Crippen molar-refractivity contribution in [3.05, 3.63) is 17.3 Å². The first kappa shape index (κ1) is 13.7. The number of thiophene rings is 1. The highest BCUT2D eigenvalue weighted by Gasteiger charge is 2.19. The molecule has 1 amide bonds. The van der Waals surface area contributed by atoms with Crippen LogP contribution in [0.5, 0.6) is 0 Å². The molecule has 0 saturated carbocycles. The van der Waals surface area contributed by atoms with E-state index in [9.17, 15) is 4.79 Å². The largest absolute Gasteiger partial charge is 0.333 e. The van der Waals surface area contributed by atoms with Crippen LogP contribution in [0.3, 0.4) is 0 Å². The molecule has 1 N–H and O–H groups in total. The molecular weight excluding hydrogens is 262 g/mol. The summed E-state index contributed by atoms with van der Waals surface area (Å²) in [5, 5.41) is 8.55. The van der Waals surface area contributed by atoms with Crippen LogP contribution in [0.1, 0.15) is 33.0 Å². The molecule has 0 aromatic carbocycles. The van der Waals surface area contributed by atoms with Crippen molar-refractivity contribution in [3.63, 3.8) is 0 Å². The number of aryl methyl sites for hydroxylation is 1. The predicted octanol–water partition coefficient (Wildman–Crippen LogP) is 3.48. The minimum absolute atomic E-state index is 0.0108. The van der Waals surface area contributed by atoms with Crippen molar-refractivity contribution >= 4 is 22.9 Å². The summed E-state index contributed by atoms with van der Waals surface area (Å²) in [6.45, 7) is 7.85. The molecule has 0 fully saturated rings. The van der Waals surface area contributed by atoms with E-state index in [1.807, 2.05) is 32.2 Å². The van der Waals surface area contributed by atoms with Crippen LogP contribution in [-0.2, 0) is 4.79 Å². The van der Waals surface area contributed by atoms with Gasteiger partial charge in [-0.1, -0.05) is 25.9 Å². The number of nitrogens with zero attached hydrogens (tertiary/aromatic N) is 2. The summed E-state index contributed by atoms with van der Waals surface area (Å²) < 4.78 is 5.13. The van der Waals surface area contributed by atoms with Gasteiger partial charge in [0.25, 0.3) is 5.89 Å². The third-order valence-electron chi connectivity index (χ3n) is 2.35. The lowest BCUT2D eigenvalue weighted by molar-refractivity contribution is -0.117. The lowest BCUT2D eigenvalue weighted by Crippen LogP contribution is -2.19. The Morgan fingerprint density at radius 3 is 2.79 bits per heavy atom. The third kappa shape index (κ3) is 3.64. The van der Waals surface area contributed by atoms with E-state index >= 15 is 0 Å². The number of rotatable bonds is 3. The summed E-state index contributed by atoms with van der Waals surface area (Å²) in [7, 11) is 0. The highest BCUT2D eigenvalue weighted by molar-refractivity contribution is 7.14. The van der Waals surface area contributed by atoms with Gasteiger partial charge in [0.15, 0.2) is 5.82 Å². The van der Waals surface area contributed by atoms with E-state index in [0.29, 0.717) is 18.1 Å². The van der Waals surface area contributed by atoms with Crippen LogP contribution in [0.4, 0.5) is 5.69 Å². The molecule has 6 heteroatoms. The highest BCUT2D eigenvalue weighted by atomic mass is 32.1. The van der Waals surface area contributed by atoms with Crippen LogP contribution in [0.2, 0.25) is 0 Å². The van der Waals surface area contributed by atoms with Crippen molar-refractivity contribution < 1.29 is 9.32 Å². The van der Waals surface area contributed by atoms with Crippen molar-refractivity contribution in [2.75, 3.05) is 5.32 Å². The normalized spacial score (nSPS) is 11.6. The smallest absolute Gasteiger partial charge is 0.270 e. The maximum atomic E-state index is 11.9. The van der Waals surface area contributed by atoms with Crippen molar-refractivity contribution in [1.82, 2.24) is 10.1 Å². The Hall–Kier alpha value is -1.69. The first-order chi connectivity index (χ1) is 8.85. The van der Waals surface area contributed by atoms with Gasteiger partial charge in [-0.05, 0) is 23.8 Å². The molecule has 0 atom stereocenters. The van der Waals surface area contributed by atoms with Gasteiger partial charge in [0.2, 0.25) is 5.91 Å². The fourth-order valence-corrected chi connectivity index (χ4v) is 2.41. The Bertz CT molecular complexity index is 581. The zero-order valence-corrected chi connectivity index (χ0v) is 12.3. The first-order valence-corrected chi connectivity index (χ1v) is 6.91. The highest BCUT2D eigenvalue weighted by Crippen LogP contribution is 2.33. The van der Waals surface area contributed by atoms with Gasteiger partial charge in [-0.15, -0.1) is 11.3 Å². The zero-order chi connectivity index (χ0) is 14.0. The second-order valence-electron chi connectivity index (χ2n) is 5.60. The Morgan fingerprint density at radius 2 is 2.21 bits per heavy atom. The molecule has 0 aliphatic heterocycles. The summed E-state index contributed by atoms with van der Waals surface area (Å²) in [5.74, 6) is 1.01. The van der Waals surface area contributed by atoms with Crippen molar-refractivity contribution in [2.45, 2.75) is 34.1 Å². The molecule has 19 heavy (non-hydrogen) atoms. The number of aromatic nitrogens is 2. The zero-order valence-electron chi connectivity index (χ0n) is 11.5. The molecule has 0 aliphatic rings. The lowest BCUT2D eigenvalue weighted by atomic mass is 9.92. The summed E-state index contributed by atoms with van der Waals surface area (Å²) in [6.07, 6.45) is 0.463. The average Bonchev–Trinajstić information content (AvgIpc) is 2.83. The van der Waals surface area contributed by atoms with Gasteiger partial charge < -0.3 is 9.84 Å². The standard InChI is InChI=1S/C13H17N3O2S/c1-8-14-12(18-16-8)11-9(5-6-19-11)15-10(17)7-13(2,3)4/h5-6H,7H2,1-4H3,(H,15,17). The van der Waals surface area contributed by atoms with Gasteiger partial charge in [-0.3, -0.25) is 4.79 Å². The molecule has 102 valence electrons. The van der Waals surface area contributed by atoms with E-state index < -0.39 is 0 Å². The number of anilines is 1. The Kier molecular flexibility index (Phi) is 3.71. The fourth-order valence-electron chi connectivity index (χ4n) is 1.64. The Balaban J connectivity index is 2.15. The molecule has 0 spiro atoms. The van der Waals surface area contributed by atoms with Crippen LogP contribution in [-0.4, -0.2) is 16.0 Å². The van der Waals surface area contributed by atoms with E-state index in [1.165, 1.54) is 11.3 Å². The van der Waals surface area contributed by atoms with Gasteiger partial charge in [-0.25, -0.2) is 0 Å². The van der Waals surface area contributed by atoms with E-state index in [1.54, 1.807) is 6.92 Å². The van der Waals surface area contributed by atoms with Crippen LogP contribution in [0.15, 0.2) is 16.0 Å². The van der Waals surface area contributed by atoms with Gasteiger partial charge >= 0.3 is 0 Å². The van der Waals surface area contributed by atoms with E-state index in [-0.39, 0.29) is 11.3 Å². The van der Waals surface area contributed by atoms with Crippen molar-refractivity contribution in [2.24, 2.45) is 5.41 Å². The van der Waals surface area contributed by atoms with Crippen LogP contribution in [0.25, 0.3) is 10.8 Å². The molecule has 2 aromatic heterocycles. The molecule has 0 aliphatic carbocycles. The Morgan fingerprint density at radius 1 is 1.47 bits per heavy atom. The van der Waals surface area contributed by atoms with Crippen LogP contribution in [0, 0.1) is 12.3 Å². The molecular formula is C13H17N3O2S. The number of carbonyl (C=O) groups excluding carboxylic acids is 1. The second kappa shape index (κ2) is 5.13. The minimum atomic E-state index is -0.0403. The summed E-state index contributed by atoms with van der Waals surface area (Å²) in [4.78, 5) is 16.9. The molecule has 2 aromatic rings. The topological polar surface area (TPSA) is 68.0 Å². The van der Waals surface area contributed by atoms with Gasteiger partial charge in [-0.2, -0.15) is 4.98 Å². The second-order valence-corrected chi connectivity index (χ2v) is 6.51. The number of nitrogens with one attached hydrogen (secondary N) is 1. The number of hydrogen-bond acceptors (Lipinski definition) is 5. The van der Waals surface area contributed by atoms with Crippen LogP contribution >= 0.6 is 11.3 Å². The molecule has 0 unspecified atom stereocenters. The Labute approximate surface area is 116 Å². The molecule has 2 heterocycles. The van der Waals surface area contributed by atoms with Gasteiger partial charge in [0.1, 0.15) is 4.88 Å². The first-order valence-electron chi connectivity index (χ1n) is 6.03. The molecule has 0 bridgehead atoms. The minimum Gasteiger partial charge on any atom is -0.333 e. The average molecular weight is 279 g/mol. The van der Waals surface area contributed by atoms with Gasteiger partial charge in [0.05, 0.1) is 5.69 Å². The third-order valence-corrected chi connectivity index (χ3v) is 3.25. The predicted molar refractivity (Wildman–Crippen MR) is 75.0 cm³/mol. The summed E-state index contributed by atoms with van der Waals surface area (Å²) in [5.41, 5.74) is 0.685. The number of carbonyl (C=O) groups is 1. The van der Waals surface area contributed by atoms with E-state index in [2.05, 4.69) is 15.5 Å². The maximum Gasteiger partial charge on any atom is 0.270 e. The molecule has 0 saturated heterocycles. The fraction of sp³-hybridized carbons (Fsp3) is 0.462. The maximum absolute atomic E-state index is 11.9. The lowest BCUT2D eigenvalue weighted by Gasteiger charge is -2.17. The monoisotopic (exact) mass is 279 g/mol. The van der Waals surface area contributed by atoms with E-state index in [4.69, 9.17) is 4.52 Å². The quantitative estimate of drug-likeness (QED) is 0.934. The number of hydrogen-bond donors (Lipinski definition) is 1. The molecule has 0 radical (unpaired) electrons. The van der Waals surface area contributed by atoms with Crippen molar-refractivity contribution in [1.29, 1.82) is 0 Å². The van der Waals surface area contributed by atoms with Crippen molar-refractivity contribution in [3.8, 4) is 10.8 Å². The molecule has 2 rings (SSSR count). The van der Waals surface area contributed by atoms with E-state index in [0.717, 1.165) is 10.6 Å². The van der Waals surface area contributed by atoms with Gasteiger partial charge in [0, 0.05) is 6.42 Å². The number of amides is 1. The summed E-state index contributed by atoms with van der Waals surface area (Å²) in [6, 6.07) is 1.85. The summed E-state index contributed by atoms with van der Waals surface area (Å²) >= 11 is 1.46. The van der Waals surface area contributed by atoms with Crippen LogP contribution < -0.4 is 5.32 Å².